The van der Waals surface area contributed by atoms with Crippen molar-refractivity contribution in [2.75, 3.05) is 13.1 Å². The molecule has 3 heterocycles. The molecular weight excluding hydrogens is 292 g/mol. The summed E-state index contributed by atoms with van der Waals surface area (Å²) in [5.41, 5.74) is 1.70. The number of hydrogen-bond donors (Lipinski definition) is 1. The van der Waals surface area contributed by atoms with Gasteiger partial charge in [0.2, 0.25) is 5.88 Å². The van der Waals surface area contributed by atoms with Gasteiger partial charge in [0.15, 0.2) is 0 Å². The average Bonchev–Trinajstić information content (AvgIpc) is 3.09. The van der Waals surface area contributed by atoms with E-state index in [1.165, 1.54) is 0 Å². The SMILES string of the molecule is CC(C)Oc1ccc(C(=O)N2CCC[C@@H](c3ccn[nH]3)C2)cn1. The summed E-state index contributed by atoms with van der Waals surface area (Å²) in [6, 6.07) is 5.52. The van der Waals surface area contributed by atoms with Crippen molar-refractivity contribution in [3.05, 3.63) is 41.9 Å². The fourth-order valence-electron chi connectivity index (χ4n) is 2.91. The third-order valence-electron chi connectivity index (χ3n) is 4.01. The van der Waals surface area contributed by atoms with E-state index in [1.807, 2.05) is 24.8 Å². The van der Waals surface area contributed by atoms with Crippen LogP contribution in [0.25, 0.3) is 0 Å². The summed E-state index contributed by atoms with van der Waals surface area (Å²) in [7, 11) is 0. The van der Waals surface area contributed by atoms with Crippen LogP contribution in [-0.4, -0.2) is 45.2 Å². The Bertz CT molecular complexity index is 637. The van der Waals surface area contributed by atoms with E-state index in [0.29, 0.717) is 23.9 Å². The molecule has 2 aromatic rings. The van der Waals surface area contributed by atoms with Gasteiger partial charge in [-0.25, -0.2) is 4.98 Å². The minimum Gasteiger partial charge on any atom is -0.475 e. The Hall–Kier alpha value is -2.37. The number of amides is 1. The number of carbonyl (C=O) groups excluding carboxylic acids is 1. The monoisotopic (exact) mass is 314 g/mol. The van der Waals surface area contributed by atoms with Crippen LogP contribution in [-0.2, 0) is 0 Å². The highest BCUT2D eigenvalue weighted by atomic mass is 16.5. The molecule has 0 radical (unpaired) electrons. The zero-order chi connectivity index (χ0) is 16.2. The average molecular weight is 314 g/mol. The van der Waals surface area contributed by atoms with E-state index >= 15 is 0 Å². The second-order valence-electron chi connectivity index (χ2n) is 6.15. The molecule has 0 spiro atoms. The van der Waals surface area contributed by atoms with Gasteiger partial charge < -0.3 is 9.64 Å². The first kappa shape index (κ1) is 15.5. The smallest absolute Gasteiger partial charge is 0.255 e. The van der Waals surface area contributed by atoms with Crippen molar-refractivity contribution in [2.45, 2.75) is 38.7 Å². The number of nitrogens with zero attached hydrogens (tertiary/aromatic N) is 3. The van der Waals surface area contributed by atoms with Crippen LogP contribution in [0.4, 0.5) is 0 Å². The first-order valence-corrected chi connectivity index (χ1v) is 8.04. The van der Waals surface area contributed by atoms with Gasteiger partial charge in [-0.05, 0) is 38.8 Å². The van der Waals surface area contributed by atoms with Gasteiger partial charge in [-0.3, -0.25) is 9.89 Å². The van der Waals surface area contributed by atoms with Crippen molar-refractivity contribution in [1.29, 1.82) is 0 Å². The number of rotatable bonds is 4. The van der Waals surface area contributed by atoms with Crippen LogP contribution in [0.3, 0.4) is 0 Å². The predicted molar refractivity (Wildman–Crippen MR) is 86.5 cm³/mol. The standard InChI is InChI=1S/C17H22N4O2/c1-12(2)23-16-6-5-13(10-18-16)17(22)21-9-3-4-14(11-21)15-7-8-19-20-15/h5-8,10,12,14H,3-4,9,11H2,1-2H3,(H,19,20)/t14-/m1/s1. The minimum atomic E-state index is 0.0258. The van der Waals surface area contributed by atoms with Crippen LogP contribution in [0.1, 0.15) is 48.7 Å². The number of ether oxygens (including phenoxy) is 1. The van der Waals surface area contributed by atoms with Crippen LogP contribution in [0.15, 0.2) is 30.6 Å². The van der Waals surface area contributed by atoms with Crippen LogP contribution >= 0.6 is 0 Å². The summed E-state index contributed by atoms with van der Waals surface area (Å²) < 4.78 is 5.51. The fraction of sp³-hybridized carbons (Fsp3) is 0.471. The molecule has 1 aliphatic heterocycles. The molecule has 0 aliphatic carbocycles. The Balaban J connectivity index is 1.67. The van der Waals surface area contributed by atoms with E-state index < -0.39 is 0 Å². The molecule has 6 nitrogen and oxygen atoms in total. The normalized spacial score (nSPS) is 18.2. The summed E-state index contributed by atoms with van der Waals surface area (Å²) in [6.45, 7) is 5.40. The third-order valence-corrected chi connectivity index (χ3v) is 4.01. The van der Waals surface area contributed by atoms with Crippen LogP contribution in [0, 0.1) is 0 Å². The molecule has 6 heteroatoms. The van der Waals surface area contributed by atoms with Crippen molar-refractivity contribution in [2.24, 2.45) is 0 Å². The van der Waals surface area contributed by atoms with Crippen molar-refractivity contribution in [1.82, 2.24) is 20.1 Å². The van der Waals surface area contributed by atoms with E-state index in [-0.39, 0.29) is 12.0 Å². The molecule has 0 unspecified atom stereocenters. The molecule has 2 aromatic heterocycles. The van der Waals surface area contributed by atoms with E-state index in [9.17, 15) is 4.79 Å². The quantitative estimate of drug-likeness (QED) is 0.941. The first-order chi connectivity index (χ1) is 11.1. The Morgan fingerprint density at radius 1 is 1.39 bits per heavy atom. The lowest BCUT2D eigenvalue weighted by Crippen LogP contribution is -2.39. The molecule has 1 saturated heterocycles. The second kappa shape index (κ2) is 6.81. The molecule has 3 rings (SSSR count). The van der Waals surface area contributed by atoms with Gasteiger partial charge in [0.25, 0.3) is 5.91 Å². The highest BCUT2D eigenvalue weighted by Gasteiger charge is 2.26. The zero-order valence-corrected chi connectivity index (χ0v) is 13.5. The topological polar surface area (TPSA) is 71.1 Å². The maximum atomic E-state index is 12.7. The zero-order valence-electron chi connectivity index (χ0n) is 13.5. The van der Waals surface area contributed by atoms with E-state index in [1.54, 1.807) is 24.5 Å². The predicted octanol–water partition coefficient (Wildman–Crippen LogP) is 2.61. The Kier molecular flexibility index (Phi) is 4.60. The molecular formula is C17H22N4O2. The largest absolute Gasteiger partial charge is 0.475 e. The molecule has 23 heavy (non-hydrogen) atoms. The van der Waals surface area contributed by atoms with Gasteiger partial charge in [-0.15, -0.1) is 0 Å². The van der Waals surface area contributed by atoms with E-state index in [2.05, 4.69) is 15.2 Å². The number of piperidine rings is 1. The highest BCUT2D eigenvalue weighted by Crippen LogP contribution is 2.26. The molecule has 0 bridgehead atoms. The molecule has 0 aromatic carbocycles. The molecule has 1 fully saturated rings. The Morgan fingerprint density at radius 2 is 2.26 bits per heavy atom. The van der Waals surface area contributed by atoms with Crippen molar-refractivity contribution < 1.29 is 9.53 Å². The van der Waals surface area contributed by atoms with Gasteiger partial charge in [-0.2, -0.15) is 5.10 Å². The molecule has 1 aliphatic rings. The van der Waals surface area contributed by atoms with Crippen LogP contribution in [0.5, 0.6) is 5.88 Å². The molecule has 1 amide bonds. The number of aromatic amines is 1. The fourth-order valence-corrected chi connectivity index (χ4v) is 2.91. The third kappa shape index (κ3) is 3.70. The number of aromatic nitrogens is 3. The van der Waals surface area contributed by atoms with Crippen molar-refractivity contribution in [3.8, 4) is 5.88 Å². The lowest BCUT2D eigenvalue weighted by Gasteiger charge is -2.32. The molecule has 1 N–H and O–H groups in total. The maximum Gasteiger partial charge on any atom is 0.255 e. The minimum absolute atomic E-state index is 0.0258. The number of likely N-dealkylation sites (tertiary alicyclic amines) is 1. The first-order valence-electron chi connectivity index (χ1n) is 8.04. The van der Waals surface area contributed by atoms with Crippen molar-refractivity contribution in [3.63, 3.8) is 0 Å². The number of nitrogens with one attached hydrogen (secondary N) is 1. The van der Waals surface area contributed by atoms with Gasteiger partial charge in [0.1, 0.15) is 0 Å². The number of carbonyl (C=O) groups is 1. The number of hydrogen-bond acceptors (Lipinski definition) is 4. The molecule has 122 valence electrons. The Labute approximate surface area is 135 Å². The summed E-state index contributed by atoms with van der Waals surface area (Å²) in [4.78, 5) is 18.8. The van der Waals surface area contributed by atoms with Gasteiger partial charge in [-0.1, -0.05) is 0 Å². The number of H-pyrrole nitrogens is 1. The maximum absolute atomic E-state index is 12.7. The summed E-state index contributed by atoms with van der Waals surface area (Å²) in [5, 5.41) is 7.02. The summed E-state index contributed by atoms with van der Waals surface area (Å²) in [5.74, 6) is 0.898. The van der Waals surface area contributed by atoms with E-state index in [4.69, 9.17) is 4.74 Å². The summed E-state index contributed by atoms with van der Waals surface area (Å²) >= 11 is 0. The van der Waals surface area contributed by atoms with Crippen molar-refractivity contribution >= 4 is 5.91 Å². The van der Waals surface area contributed by atoms with Gasteiger partial charge in [0, 0.05) is 43.2 Å². The number of pyridine rings is 1. The van der Waals surface area contributed by atoms with Gasteiger partial charge >= 0.3 is 0 Å². The molecule has 0 saturated carbocycles. The van der Waals surface area contributed by atoms with E-state index in [0.717, 1.165) is 25.1 Å². The lowest BCUT2D eigenvalue weighted by atomic mass is 9.94. The highest BCUT2D eigenvalue weighted by molar-refractivity contribution is 5.94. The van der Waals surface area contributed by atoms with Crippen LogP contribution in [0.2, 0.25) is 0 Å². The Morgan fingerprint density at radius 3 is 2.91 bits per heavy atom. The second-order valence-corrected chi connectivity index (χ2v) is 6.15. The lowest BCUT2D eigenvalue weighted by molar-refractivity contribution is 0.0705. The molecule has 1 atom stereocenters. The van der Waals surface area contributed by atoms with Gasteiger partial charge in [0.05, 0.1) is 11.7 Å². The van der Waals surface area contributed by atoms with Crippen LogP contribution < -0.4 is 4.74 Å². The summed E-state index contributed by atoms with van der Waals surface area (Å²) in [6.07, 6.45) is 5.50.